The van der Waals surface area contributed by atoms with Gasteiger partial charge in [-0.2, -0.15) is 4.68 Å². The molecule has 0 amide bonds. The van der Waals surface area contributed by atoms with Crippen molar-refractivity contribution in [2.45, 2.75) is 12.1 Å². The Kier molecular flexibility index (Phi) is 4.07. The van der Waals surface area contributed by atoms with Crippen LogP contribution in [0.3, 0.4) is 0 Å². The van der Waals surface area contributed by atoms with Gasteiger partial charge in [-0.15, -0.1) is 5.10 Å². The van der Waals surface area contributed by atoms with Gasteiger partial charge in [-0.1, -0.05) is 48.2 Å². The number of carbonyl (C=O) groups is 1. The van der Waals surface area contributed by atoms with E-state index in [2.05, 4.69) is 15.5 Å². The van der Waals surface area contributed by atoms with E-state index in [0.717, 1.165) is 16.6 Å². The normalized spacial score (nSPS) is 11.1. The summed E-state index contributed by atoms with van der Waals surface area (Å²) in [4.78, 5) is 12.4. The Morgan fingerprint density at radius 1 is 1.16 bits per heavy atom. The van der Waals surface area contributed by atoms with Crippen molar-refractivity contribution >= 4 is 28.5 Å². The molecule has 4 rings (SSSR count). The number of tetrazole rings is 1. The van der Waals surface area contributed by atoms with Crippen LogP contribution in [0.15, 0.2) is 64.2 Å². The van der Waals surface area contributed by atoms with Crippen molar-refractivity contribution in [2.75, 3.05) is 5.75 Å². The van der Waals surface area contributed by atoms with Gasteiger partial charge < -0.3 is 4.42 Å². The number of fused-ring (bicyclic) bond motifs is 1. The molecule has 124 valence electrons. The van der Waals surface area contributed by atoms with Crippen molar-refractivity contribution in [3.05, 3.63) is 65.9 Å². The Labute approximate surface area is 147 Å². The summed E-state index contributed by atoms with van der Waals surface area (Å²) in [6, 6.07) is 17.1. The van der Waals surface area contributed by atoms with Crippen LogP contribution in [0.2, 0.25) is 0 Å². The molecule has 0 saturated heterocycles. The van der Waals surface area contributed by atoms with E-state index in [1.54, 1.807) is 10.7 Å². The SMILES string of the molecule is Cc1ccccc1-n1nnnc1SCC(=O)c1cc2ccccc2o1. The maximum atomic E-state index is 12.4. The van der Waals surface area contributed by atoms with Gasteiger partial charge in [-0.25, -0.2) is 0 Å². The molecule has 25 heavy (non-hydrogen) atoms. The molecule has 0 aliphatic carbocycles. The number of hydrogen-bond acceptors (Lipinski definition) is 6. The minimum atomic E-state index is -0.0967. The van der Waals surface area contributed by atoms with Crippen LogP contribution in [-0.4, -0.2) is 31.7 Å². The van der Waals surface area contributed by atoms with Gasteiger partial charge in [-0.3, -0.25) is 4.79 Å². The Morgan fingerprint density at radius 3 is 2.80 bits per heavy atom. The molecule has 0 saturated carbocycles. The molecular formula is C18H14N4O2S. The molecule has 0 unspecified atom stereocenters. The highest BCUT2D eigenvalue weighted by Crippen LogP contribution is 2.23. The first-order valence-corrected chi connectivity index (χ1v) is 8.70. The van der Waals surface area contributed by atoms with Crippen molar-refractivity contribution in [1.29, 1.82) is 0 Å². The van der Waals surface area contributed by atoms with Crippen molar-refractivity contribution in [2.24, 2.45) is 0 Å². The predicted octanol–water partition coefficient (Wildman–Crippen LogP) is 3.69. The lowest BCUT2D eigenvalue weighted by atomic mass is 10.2. The Morgan fingerprint density at radius 2 is 1.96 bits per heavy atom. The third-order valence-corrected chi connectivity index (χ3v) is 4.74. The van der Waals surface area contributed by atoms with E-state index in [4.69, 9.17) is 4.42 Å². The lowest BCUT2D eigenvalue weighted by Crippen LogP contribution is -2.05. The van der Waals surface area contributed by atoms with Crippen molar-refractivity contribution in [1.82, 2.24) is 20.2 Å². The maximum absolute atomic E-state index is 12.4. The summed E-state index contributed by atoms with van der Waals surface area (Å²) in [5, 5.41) is 13.3. The van der Waals surface area contributed by atoms with Crippen LogP contribution in [0.25, 0.3) is 16.7 Å². The highest BCUT2D eigenvalue weighted by atomic mass is 32.2. The molecule has 2 aromatic heterocycles. The molecule has 4 aromatic rings. The van der Waals surface area contributed by atoms with Crippen LogP contribution in [-0.2, 0) is 0 Å². The maximum Gasteiger partial charge on any atom is 0.214 e. The quantitative estimate of drug-likeness (QED) is 0.404. The van der Waals surface area contributed by atoms with Gasteiger partial charge >= 0.3 is 0 Å². The molecule has 0 radical (unpaired) electrons. The second-order valence-electron chi connectivity index (χ2n) is 5.52. The zero-order valence-corrected chi connectivity index (χ0v) is 14.2. The van der Waals surface area contributed by atoms with Crippen LogP contribution in [0.5, 0.6) is 0 Å². The number of Topliss-reactive ketones (excluding diaryl/α,β-unsaturated/α-hetero) is 1. The highest BCUT2D eigenvalue weighted by Gasteiger charge is 2.16. The van der Waals surface area contributed by atoms with Gasteiger partial charge in [0.15, 0.2) is 5.76 Å². The molecule has 2 aromatic carbocycles. The van der Waals surface area contributed by atoms with Crippen LogP contribution in [0.1, 0.15) is 16.1 Å². The number of para-hydroxylation sites is 2. The van der Waals surface area contributed by atoms with Gasteiger partial charge in [-0.05, 0) is 41.1 Å². The number of thioether (sulfide) groups is 1. The van der Waals surface area contributed by atoms with Crippen molar-refractivity contribution in [3.8, 4) is 5.69 Å². The Balaban J connectivity index is 1.53. The first-order valence-electron chi connectivity index (χ1n) is 7.71. The largest absolute Gasteiger partial charge is 0.453 e. The van der Waals surface area contributed by atoms with E-state index in [1.807, 2.05) is 55.5 Å². The van der Waals surface area contributed by atoms with Crippen LogP contribution >= 0.6 is 11.8 Å². The second kappa shape index (κ2) is 6.52. The predicted molar refractivity (Wildman–Crippen MR) is 95.2 cm³/mol. The number of furan rings is 1. The summed E-state index contributed by atoms with van der Waals surface area (Å²) in [6.07, 6.45) is 0. The monoisotopic (exact) mass is 350 g/mol. The van der Waals surface area contributed by atoms with Crippen molar-refractivity contribution in [3.63, 3.8) is 0 Å². The number of hydrogen-bond donors (Lipinski definition) is 0. The van der Waals surface area contributed by atoms with E-state index < -0.39 is 0 Å². The van der Waals surface area contributed by atoms with Gasteiger partial charge in [0, 0.05) is 5.39 Å². The summed E-state index contributed by atoms with van der Waals surface area (Å²) in [5.41, 5.74) is 2.66. The lowest BCUT2D eigenvalue weighted by Gasteiger charge is -2.06. The third-order valence-electron chi connectivity index (χ3n) is 3.82. The summed E-state index contributed by atoms with van der Waals surface area (Å²) < 4.78 is 7.26. The molecule has 0 fully saturated rings. The van der Waals surface area contributed by atoms with Gasteiger partial charge in [0.2, 0.25) is 10.9 Å². The summed E-state index contributed by atoms with van der Waals surface area (Å²) in [6.45, 7) is 1.99. The molecule has 0 bridgehead atoms. The molecule has 0 aliphatic rings. The zero-order chi connectivity index (χ0) is 17.2. The van der Waals surface area contributed by atoms with Gasteiger partial charge in [0.1, 0.15) is 5.58 Å². The zero-order valence-electron chi connectivity index (χ0n) is 13.4. The van der Waals surface area contributed by atoms with Crippen molar-refractivity contribution < 1.29 is 9.21 Å². The molecule has 0 aliphatic heterocycles. The van der Waals surface area contributed by atoms with E-state index in [1.165, 1.54) is 11.8 Å². The number of ketones is 1. The average molecular weight is 350 g/mol. The van der Waals surface area contributed by atoms with E-state index in [0.29, 0.717) is 16.5 Å². The molecule has 7 heteroatoms. The molecule has 2 heterocycles. The van der Waals surface area contributed by atoms with E-state index in [9.17, 15) is 4.79 Å². The Hall–Kier alpha value is -2.93. The summed E-state index contributed by atoms with van der Waals surface area (Å²) in [5.74, 6) is 0.454. The number of benzene rings is 2. The molecule has 0 spiro atoms. The Bertz CT molecular complexity index is 1020. The fourth-order valence-corrected chi connectivity index (χ4v) is 3.30. The summed E-state index contributed by atoms with van der Waals surface area (Å²) >= 11 is 1.29. The smallest absolute Gasteiger partial charge is 0.214 e. The van der Waals surface area contributed by atoms with E-state index >= 15 is 0 Å². The lowest BCUT2D eigenvalue weighted by molar-refractivity contribution is 0.0994. The molecule has 0 atom stereocenters. The molecule has 6 nitrogen and oxygen atoms in total. The number of rotatable bonds is 5. The fourth-order valence-electron chi connectivity index (χ4n) is 2.54. The second-order valence-corrected chi connectivity index (χ2v) is 6.46. The first-order chi connectivity index (χ1) is 12.2. The number of aryl methyl sites for hydroxylation is 1. The minimum Gasteiger partial charge on any atom is -0.453 e. The molecule has 0 N–H and O–H groups in total. The van der Waals surface area contributed by atoms with Gasteiger partial charge in [0.25, 0.3) is 0 Å². The number of aromatic nitrogens is 4. The summed E-state index contributed by atoms with van der Waals surface area (Å²) in [7, 11) is 0. The number of carbonyl (C=O) groups excluding carboxylic acids is 1. The molecular weight excluding hydrogens is 336 g/mol. The topological polar surface area (TPSA) is 73.8 Å². The fraction of sp³-hybridized carbons (Fsp3) is 0.111. The number of nitrogens with zero attached hydrogens (tertiary/aromatic N) is 4. The van der Waals surface area contributed by atoms with Crippen LogP contribution in [0.4, 0.5) is 0 Å². The third kappa shape index (κ3) is 3.06. The van der Waals surface area contributed by atoms with Crippen LogP contribution in [0, 0.1) is 6.92 Å². The first kappa shape index (κ1) is 15.6. The standard InChI is InChI=1S/C18H14N4O2S/c1-12-6-2-4-8-14(12)22-18(19-20-21-22)25-11-15(23)17-10-13-7-3-5-9-16(13)24-17/h2-10H,11H2,1H3. The van der Waals surface area contributed by atoms with E-state index in [-0.39, 0.29) is 11.5 Å². The van der Waals surface area contributed by atoms with Gasteiger partial charge in [0.05, 0.1) is 11.4 Å². The minimum absolute atomic E-state index is 0.0967. The average Bonchev–Trinajstić information content (AvgIpc) is 3.26. The highest BCUT2D eigenvalue weighted by molar-refractivity contribution is 7.99. The van der Waals surface area contributed by atoms with Crippen LogP contribution < -0.4 is 0 Å².